The van der Waals surface area contributed by atoms with Crippen LogP contribution in [0.5, 0.6) is 0 Å². The van der Waals surface area contributed by atoms with Gasteiger partial charge in [-0.1, -0.05) is 30.3 Å². The molecule has 0 atom stereocenters. The molecule has 102 valence electrons. The third-order valence-electron chi connectivity index (χ3n) is 2.53. The van der Waals surface area contributed by atoms with E-state index >= 15 is 0 Å². The monoisotopic (exact) mass is 283 g/mol. The molecule has 0 fully saturated rings. The minimum absolute atomic E-state index is 0.103. The Labute approximate surface area is 116 Å². The molecule has 0 aromatic heterocycles. The number of aliphatic hydroxyl groups excluding tert-OH is 1. The van der Waals surface area contributed by atoms with E-state index in [9.17, 15) is 14.7 Å². The number of aliphatic hydroxyl groups is 1. The maximum atomic E-state index is 11.8. The van der Waals surface area contributed by atoms with Crippen LogP contribution in [-0.4, -0.2) is 42.6 Å². The normalized spacial score (nSPS) is 18.9. The molecular weight excluding hydrogens is 270 g/mol. The van der Waals surface area contributed by atoms with Crippen molar-refractivity contribution in [1.82, 2.24) is 4.90 Å². The molecule has 1 rings (SSSR count). The highest BCUT2D eigenvalue weighted by Crippen LogP contribution is 2.27. The molecular formula is C13H14ClNO4. The number of ether oxygens (including phenoxy) is 1. The second-order valence-corrected chi connectivity index (χ2v) is 4.20. The molecule has 5 nitrogen and oxygen atoms in total. The second-order valence-electron chi connectivity index (χ2n) is 3.80. The highest BCUT2D eigenvalue weighted by Gasteiger charge is 2.34. The number of methoxy groups -OCH3 is 1. The van der Waals surface area contributed by atoms with Crippen molar-refractivity contribution in [1.29, 1.82) is 0 Å². The highest BCUT2D eigenvalue weighted by molar-refractivity contribution is 6.32. The third-order valence-corrected chi connectivity index (χ3v) is 2.89. The number of nitrogens with zero attached hydrogens (tertiary/aromatic N) is 1. The van der Waals surface area contributed by atoms with Crippen LogP contribution in [0.2, 0.25) is 0 Å². The second kappa shape index (κ2) is 6.24. The van der Waals surface area contributed by atoms with E-state index in [2.05, 4.69) is 11.3 Å². The number of carbonyl (C=O) groups excluding carboxylic acids is 2. The van der Waals surface area contributed by atoms with Crippen LogP contribution in [0.25, 0.3) is 0 Å². The Morgan fingerprint density at radius 2 is 2.21 bits per heavy atom. The molecule has 6 heteroatoms. The Morgan fingerprint density at radius 1 is 1.58 bits per heavy atom. The van der Waals surface area contributed by atoms with E-state index in [1.54, 1.807) is 6.08 Å². The Morgan fingerprint density at radius 3 is 2.74 bits per heavy atom. The summed E-state index contributed by atoms with van der Waals surface area (Å²) in [6.45, 7) is 3.60. The van der Waals surface area contributed by atoms with Crippen LogP contribution < -0.4 is 0 Å². The van der Waals surface area contributed by atoms with Gasteiger partial charge in [0.2, 0.25) is 0 Å². The number of likely N-dealkylation sites (N-methyl/N-ethyl adjacent to an activating group) is 1. The lowest BCUT2D eigenvalue weighted by Crippen LogP contribution is -2.38. The smallest absolute Gasteiger partial charge is 0.347 e. The first-order valence-electron chi connectivity index (χ1n) is 5.39. The standard InChI is InChI=1S/C13H14ClNO4/c1-4-5-6-9(14)8-7-15(2)12(17)10(11(8)16)13(18)19-3/h4-6,16H,1,7H2,2-3H3/b6-5-,9-8-. The number of allylic oxidation sites excluding steroid dienone is 4. The Hall–Kier alpha value is -2.01. The summed E-state index contributed by atoms with van der Waals surface area (Å²) in [5.41, 5.74) is -0.140. The first-order chi connectivity index (χ1) is 8.93. The fourth-order valence-corrected chi connectivity index (χ4v) is 1.78. The molecule has 1 aliphatic rings. The molecule has 19 heavy (non-hydrogen) atoms. The summed E-state index contributed by atoms with van der Waals surface area (Å²) in [4.78, 5) is 24.6. The minimum Gasteiger partial charge on any atom is -0.506 e. The zero-order valence-corrected chi connectivity index (χ0v) is 11.4. The van der Waals surface area contributed by atoms with Gasteiger partial charge in [-0.05, 0) is 6.08 Å². The highest BCUT2D eigenvalue weighted by atomic mass is 35.5. The first-order valence-corrected chi connectivity index (χ1v) is 5.77. The molecule has 0 radical (unpaired) electrons. The van der Waals surface area contributed by atoms with E-state index in [0.717, 1.165) is 7.11 Å². The maximum absolute atomic E-state index is 11.8. The fourth-order valence-electron chi connectivity index (χ4n) is 1.55. The molecule has 0 spiro atoms. The van der Waals surface area contributed by atoms with Crippen LogP contribution in [0.1, 0.15) is 0 Å². The molecule has 1 amide bonds. The summed E-state index contributed by atoms with van der Waals surface area (Å²) < 4.78 is 4.48. The average molecular weight is 284 g/mol. The summed E-state index contributed by atoms with van der Waals surface area (Å²) in [5, 5.41) is 10.2. The van der Waals surface area contributed by atoms with Gasteiger partial charge in [-0.3, -0.25) is 4.79 Å². The summed E-state index contributed by atoms with van der Waals surface area (Å²) in [7, 11) is 2.63. The Balaban J connectivity index is 3.40. The van der Waals surface area contributed by atoms with Crippen molar-refractivity contribution in [3.8, 4) is 0 Å². The number of hydrogen-bond donors (Lipinski definition) is 1. The van der Waals surface area contributed by atoms with Gasteiger partial charge in [0.1, 0.15) is 5.76 Å². The van der Waals surface area contributed by atoms with E-state index in [1.807, 2.05) is 0 Å². The van der Waals surface area contributed by atoms with Crippen LogP contribution in [0.3, 0.4) is 0 Å². The lowest BCUT2D eigenvalue weighted by atomic mass is 10.0. The predicted octanol–water partition coefficient (Wildman–Crippen LogP) is 1.68. The van der Waals surface area contributed by atoms with E-state index in [-0.39, 0.29) is 17.2 Å². The SMILES string of the molecule is C=C/C=C\C(Cl)=C1/CN(C)C(=O)C(C(=O)OC)=C1O. The van der Waals surface area contributed by atoms with E-state index in [4.69, 9.17) is 11.6 Å². The van der Waals surface area contributed by atoms with Crippen LogP contribution in [0.15, 0.2) is 46.7 Å². The molecule has 1 N–H and O–H groups in total. The molecule has 0 aromatic carbocycles. The molecule has 0 saturated heterocycles. The molecule has 0 aromatic rings. The summed E-state index contributed by atoms with van der Waals surface area (Å²) >= 11 is 6.02. The van der Waals surface area contributed by atoms with Crippen molar-refractivity contribution in [3.63, 3.8) is 0 Å². The van der Waals surface area contributed by atoms with Crippen molar-refractivity contribution in [3.05, 3.63) is 46.7 Å². The molecule has 0 saturated carbocycles. The van der Waals surface area contributed by atoms with Crippen LogP contribution in [-0.2, 0) is 14.3 Å². The zero-order valence-electron chi connectivity index (χ0n) is 10.6. The third kappa shape index (κ3) is 3.06. The van der Waals surface area contributed by atoms with Crippen LogP contribution in [0, 0.1) is 0 Å². The molecule has 1 heterocycles. The van der Waals surface area contributed by atoms with E-state index in [1.165, 1.54) is 24.1 Å². The molecule has 0 bridgehead atoms. The Kier molecular flexibility index (Phi) is 4.94. The van der Waals surface area contributed by atoms with Crippen molar-refractivity contribution in [2.75, 3.05) is 20.7 Å². The summed E-state index contributed by atoms with van der Waals surface area (Å²) in [6, 6.07) is 0. The average Bonchev–Trinajstić information content (AvgIpc) is 2.40. The fraction of sp³-hybridized carbons (Fsp3) is 0.231. The number of amides is 1. The lowest BCUT2D eigenvalue weighted by Gasteiger charge is -2.26. The zero-order chi connectivity index (χ0) is 14.6. The number of hydrogen-bond acceptors (Lipinski definition) is 4. The van der Waals surface area contributed by atoms with Crippen molar-refractivity contribution in [2.45, 2.75) is 0 Å². The number of carbonyl (C=O) groups is 2. The van der Waals surface area contributed by atoms with Crippen molar-refractivity contribution < 1.29 is 19.4 Å². The predicted molar refractivity (Wildman–Crippen MR) is 71.5 cm³/mol. The summed E-state index contributed by atoms with van der Waals surface area (Å²) in [5.74, 6) is -1.96. The van der Waals surface area contributed by atoms with Gasteiger partial charge in [-0.25, -0.2) is 4.79 Å². The number of halogens is 1. The van der Waals surface area contributed by atoms with Crippen molar-refractivity contribution >= 4 is 23.5 Å². The Bertz CT molecular complexity index is 517. The maximum Gasteiger partial charge on any atom is 0.347 e. The minimum atomic E-state index is -0.899. The van der Waals surface area contributed by atoms with Gasteiger partial charge in [0.05, 0.1) is 13.7 Å². The van der Waals surface area contributed by atoms with E-state index < -0.39 is 23.2 Å². The number of rotatable bonds is 3. The van der Waals surface area contributed by atoms with Gasteiger partial charge in [-0.15, -0.1) is 0 Å². The molecule has 0 aliphatic carbocycles. The largest absolute Gasteiger partial charge is 0.506 e. The number of esters is 1. The van der Waals surface area contributed by atoms with Gasteiger partial charge in [0.15, 0.2) is 5.57 Å². The van der Waals surface area contributed by atoms with Gasteiger partial charge >= 0.3 is 5.97 Å². The molecule has 0 unspecified atom stereocenters. The van der Waals surface area contributed by atoms with E-state index in [0.29, 0.717) is 0 Å². The quantitative estimate of drug-likeness (QED) is 0.486. The first kappa shape index (κ1) is 15.0. The van der Waals surface area contributed by atoms with Crippen LogP contribution >= 0.6 is 11.6 Å². The lowest BCUT2D eigenvalue weighted by molar-refractivity contribution is -0.140. The van der Waals surface area contributed by atoms with Crippen molar-refractivity contribution in [2.24, 2.45) is 0 Å². The van der Waals surface area contributed by atoms with Gasteiger partial charge < -0.3 is 14.7 Å². The summed E-state index contributed by atoms with van der Waals surface area (Å²) in [6.07, 6.45) is 4.61. The van der Waals surface area contributed by atoms with Gasteiger partial charge in [-0.2, -0.15) is 0 Å². The van der Waals surface area contributed by atoms with Gasteiger partial charge in [0, 0.05) is 17.7 Å². The van der Waals surface area contributed by atoms with Gasteiger partial charge in [0.25, 0.3) is 5.91 Å². The molecule has 1 aliphatic heterocycles. The van der Waals surface area contributed by atoms with Crippen LogP contribution in [0.4, 0.5) is 0 Å². The topological polar surface area (TPSA) is 66.8 Å².